The van der Waals surface area contributed by atoms with Gasteiger partial charge in [-0.1, -0.05) is 19.8 Å². The molecule has 0 aromatic carbocycles. The number of nitrogens with two attached hydrogens (primary N) is 1. The Bertz CT molecular complexity index is 300. The van der Waals surface area contributed by atoms with Crippen LogP contribution in [0, 0.1) is 6.92 Å². The van der Waals surface area contributed by atoms with Crippen molar-refractivity contribution in [1.82, 2.24) is 4.98 Å². The van der Waals surface area contributed by atoms with Crippen molar-refractivity contribution in [3.8, 4) is 5.75 Å². The first kappa shape index (κ1) is 12.0. The topological polar surface area (TPSA) is 48.1 Å². The van der Waals surface area contributed by atoms with Crippen molar-refractivity contribution in [3.63, 3.8) is 0 Å². The van der Waals surface area contributed by atoms with Gasteiger partial charge in [-0.2, -0.15) is 0 Å². The standard InChI is InChI=1S/C12H20N2O/c1-3-4-5-8-15-12-7-6-10(2)14-11(12)9-13/h6-7H,3-5,8-9,13H2,1-2H3. The van der Waals surface area contributed by atoms with Crippen LogP contribution in [0.25, 0.3) is 0 Å². The van der Waals surface area contributed by atoms with Gasteiger partial charge in [-0.25, -0.2) is 0 Å². The molecule has 1 aromatic heterocycles. The second-order valence-electron chi connectivity index (χ2n) is 3.66. The molecule has 2 N–H and O–H groups in total. The summed E-state index contributed by atoms with van der Waals surface area (Å²) >= 11 is 0. The van der Waals surface area contributed by atoms with E-state index in [9.17, 15) is 0 Å². The van der Waals surface area contributed by atoms with Crippen molar-refractivity contribution in [3.05, 3.63) is 23.5 Å². The average Bonchev–Trinajstić information content (AvgIpc) is 2.26. The maximum atomic E-state index is 5.64. The molecule has 3 heteroatoms. The molecular formula is C12H20N2O. The summed E-state index contributed by atoms with van der Waals surface area (Å²) in [5.41, 5.74) is 7.44. The molecule has 0 fully saturated rings. The lowest BCUT2D eigenvalue weighted by Crippen LogP contribution is -2.06. The molecule has 1 heterocycles. The van der Waals surface area contributed by atoms with E-state index < -0.39 is 0 Å². The maximum Gasteiger partial charge on any atom is 0.142 e. The van der Waals surface area contributed by atoms with Gasteiger partial charge in [0.05, 0.1) is 12.3 Å². The van der Waals surface area contributed by atoms with E-state index in [4.69, 9.17) is 10.5 Å². The van der Waals surface area contributed by atoms with E-state index in [0.29, 0.717) is 6.54 Å². The molecule has 1 aromatic rings. The van der Waals surface area contributed by atoms with Gasteiger partial charge in [0.1, 0.15) is 5.75 Å². The maximum absolute atomic E-state index is 5.64. The largest absolute Gasteiger partial charge is 0.492 e. The van der Waals surface area contributed by atoms with Crippen molar-refractivity contribution in [2.75, 3.05) is 6.61 Å². The second-order valence-corrected chi connectivity index (χ2v) is 3.66. The minimum Gasteiger partial charge on any atom is -0.492 e. The Hall–Kier alpha value is -1.09. The average molecular weight is 208 g/mol. The fraction of sp³-hybridized carbons (Fsp3) is 0.583. The molecule has 84 valence electrons. The Balaban J connectivity index is 2.52. The Morgan fingerprint density at radius 1 is 1.33 bits per heavy atom. The van der Waals surface area contributed by atoms with Gasteiger partial charge in [-0.3, -0.25) is 4.98 Å². The molecule has 0 aliphatic carbocycles. The lowest BCUT2D eigenvalue weighted by Gasteiger charge is -2.09. The summed E-state index contributed by atoms with van der Waals surface area (Å²) in [6.07, 6.45) is 3.50. The van der Waals surface area contributed by atoms with Gasteiger partial charge in [0.25, 0.3) is 0 Å². The third-order valence-corrected chi connectivity index (χ3v) is 2.27. The molecule has 0 atom stereocenters. The quantitative estimate of drug-likeness (QED) is 0.730. The van der Waals surface area contributed by atoms with E-state index in [-0.39, 0.29) is 0 Å². The van der Waals surface area contributed by atoms with Crippen LogP contribution in [0.2, 0.25) is 0 Å². The molecule has 0 amide bonds. The van der Waals surface area contributed by atoms with Gasteiger partial charge in [0.15, 0.2) is 0 Å². The minimum absolute atomic E-state index is 0.435. The summed E-state index contributed by atoms with van der Waals surface area (Å²) in [5, 5.41) is 0. The van der Waals surface area contributed by atoms with E-state index in [1.165, 1.54) is 12.8 Å². The van der Waals surface area contributed by atoms with Gasteiger partial charge >= 0.3 is 0 Å². The van der Waals surface area contributed by atoms with Crippen LogP contribution >= 0.6 is 0 Å². The number of rotatable bonds is 6. The van der Waals surface area contributed by atoms with Crippen LogP contribution in [-0.4, -0.2) is 11.6 Å². The van der Waals surface area contributed by atoms with Gasteiger partial charge in [-0.05, 0) is 25.5 Å². The Kier molecular flexibility index (Phi) is 5.12. The monoisotopic (exact) mass is 208 g/mol. The number of nitrogens with zero attached hydrogens (tertiary/aromatic N) is 1. The molecule has 0 unspecified atom stereocenters. The highest BCUT2D eigenvalue weighted by atomic mass is 16.5. The number of unbranched alkanes of at least 4 members (excludes halogenated alkanes) is 2. The predicted molar refractivity (Wildman–Crippen MR) is 61.9 cm³/mol. The predicted octanol–water partition coefficient (Wildman–Crippen LogP) is 2.42. The second kappa shape index (κ2) is 6.40. The summed E-state index contributed by atoms with van der Waals surface area (Å²) < 4.78 is 5.64. The zero-order valence-corrected chi connectivity index (χ0v) is 9.62. The van der Waals surface area contributed by atoms with Crippen LogP contribution in [0.5, 0.6) is 5.75 Å². The van der Waals surface area contributed by atoms with Crippen molar-refractivity contribution in [2.24, 2.45) is 5.73 Å². The van der Waals surface area contributed by atoms with Crippen LogP contribution in [0.1, 0.15) is 37.6 Å². The molecule has 3 nitrogen and oxygen atoms in total. The fourth-order valence-corrected chi connectivity index (χ4v) is 1.41. The Morgan fingerprint density at radius 2 is 2.13 bits per heavy atom. The molecule has 0 bridgehead atoms. The number of hydrogen-bond donors (Lipinski definition) is 1. The molecule has 0 spiro atoms. The molecule has 0 saturated carbocycles. The number of ether oxygens (including phenoxy) is 1. The smallest absolute Gasteiger partial charge is 0.142 e. The molecule has 0 saturated heterocycles. The number of pyridine rings is 1. The van der Waals surface area contributed by atoms with Crippen molar-refractivity contribution in [1.29, 1.82) is 0 Å². The zero-order valence-electron chi connectivity index (χ0n) is 9.62. The van der Waals surface area contributed by atoms with Gasteiger partial charge < -0.3 is 10.5 Å². The van der Waals surface area contributed by atoms with Crippen LogP contribution in [0.4, 0.5) is 0 Å². The van der Waals surface area contributed by atoms with Crippen LogP contribution in [-0.2, 0) is 6.54 Å². The molecular weight excluding hydrogens is 188 g/mol. The lowest BCUT2D eigenvalue weighted by molar-refractivity contribution is 0.301. The Morgan fingerprint density at radius 3 is 2.80 bits per heavy atom. The van der Waals surface area contributed by atoms with E-state index in [2.05, 4.69) is 11.9 Å². The van der Waals surface area contributed by atoms with Gasteiger partial charge in [-0.15, -0.1) is 0 Å². The van der Waals surface area contributed by atoms with E-state index >= 15 is 0 Å². The SMILES string of the molecule is CCCCCOc1ccc(C)nc1CN. The van der Waals surface area contributed by atoms with Crippen molar-refractivity contribution >= 4 is 0 Å². The highest BCUT2D eigenvalue weighted by Crippen LogP contribution is 2.16. The third-order valence-electron chi connectivity index (χ3n) is 2.27. The molecule has 0 aliphatic heterocycles. The summed E-state index contributed by atoms with van der Waals surface area (Å²) in [6.45, 7) is 5.33. The summed E-state index contributed by atoms with van der Waals surface area (Å²) in [7, 11) is 0. The highest BCUT2D eigenvalue weighted by molar-refractivity contribution is 5.28. The number of aryl methyl sites for hydroxylation is 1. The van der Waals surface area contributed by atoms with Crippen LogP contribution < -0.4 is 10.5 Å². The number of hydrogen-bond acceptors (Lipinski definition) is 3. The number of aromatic nitrogens is 1. The van der Waals surface area contributed by atoms with Crippen molar-refractivity contribution < 1.29 is 4.74 Å². The van der Waals surface area contributed by atoms with Crippen molar-refractivity contribution in [2.45, 2.75) is 39.7 Å². The van der Waals surface area contributed by atoms with Crippen LogP contribution in [0.3, 0.4) is 0 Å². The van der Waals surface area contributed by atoms with Gasteiger partial charge in [0.2, 0.25) is 0 Å². The van der Waals surface area contributed by atoms with E-state index in [0.717, 1.165) is 30.2 Å². The van der Waals surface area contributed by atoms with Crippen LogP contribution in [0.15, 0.2) is 12.1 Å². The lowest BCUT2D eigenvalue weighted by atomic mass is 10.2. The minimum atomic E-state index is 0.435. The molecule has 15 heavy (non-hydrogen) atoms. The fourth-order valence-electron chi connectivity index (χ4n) is 1.41. The Labute approximate surface area is 91.7 Å². The first-order valence-electron chi connectivity index (χ1n) is 5.57. The van der Waals surface area contributed by atoms with Gasteiger partial charge in [0, 0.05) is 12.2 Å². The van der Waals surface area contributed by atoms with E-state index in [1.807, 2.05) is 19.1 Å². The first-order chi connectivity index (χ1) is 7.27. The summed E-state index contributed by atoms with van der Waals surface area (Å²) in [5.74, 6) is 0.833. The van der Waals surface area contributed by atoms with E-state index in [1.54, 1.807) is 0 Å². The molecule has 0 radical (unpaired) electrons. The normalized spacial score (nSPS) is 10.3. The zero-order chi connectivity index (χ0) is 11.1. The summed E-state index contributed by atoms with van der Waals surface area (Å²) in [6, 6.07) is 3.91. The first-order valence-corrected chi connectivity index (χ1v) is 5.57. The summed E-state index contributed by atoms with van der Waals surface area (Å²) in [4.78, 5) is 4.34. The third kappa shape index (κ3) is 3.88. The highest BCUT2D eigenvalue weighted by Gasteiger charge is 2.03. The molecule has 1 rings (SSSR count). The molecule has 0 aliphatic rings.